The molecule has 56 heavy (non-hydrogen) atoms. The average molecular weight is 769 g/mol. The molecule has 10 aliphatic carbocycles. The van der Waals surface area contributed by atoms with E-state index in [1.807, 2.05) is 0 Å². The number of fused-ring (bicyclic) bond motifs is 3. The number of nitrogens with zero attached hydrogens (tertiary/aromatic N) is 2. The molecular formula is C54H92N2. The van der Waals surface area contributed by atoms with Gasteiger partial charge in [-0.1, -0.05) is 77.0 Å². The van der Waals surface area contributed by atoms with Gasteiger partial charge in [0.15, 0.2) is 0 Å². The first kappa shape index (κ1) is 40.0. The summed E-state index contributed by atoms with van der Waals surface area (Å²) >= 11 is 0. The maximum absolute atomic E-state index is 3.23. The van der Waals surface area contributed by atoms with Crippen LogP contribution in [0.5, 0.6) is 0 Å². The van der Waals surface area contributed by atoms with Crippen LogP contribution in [-0.2, 0) is 0 Å². The highest BCUT2D eigenvalue weighted by atomic mass is 15.2. The molecule has 0 bridgehead atoms. The second kappa shape index (κ2) is 18.9. The highest BCUT2D eigenvalue weighted by Gasteiger charge is 2.49. The molecule has 0 aliphatic heterocycles. The molecule has 0 aromatic carbocycles. The van der Waals surface area contributed by atoms with Crippen LogP contribution >= 0.6 is 0 Å². The van der Waals surface area contributed by atoms with Crippen LogP contribution in [0.25, 0.3) is 0 Å². The highest BCUT2D eigenvalue weighted by Crippen LogP contribution is 2.58. The second-order valence-corrected chi connectivity index (χ2v) is 23.8. The molecule has 0 radical (unpaired) electrons. The van der Waals surface area contributed by atoms with Crippen LogP contribution in [0.2, 0.25) is 0 Å². The van der Waals surface area contributed by atoms with Gasteiger partial charge < -0.3 is 0 Å². The van der Waals surface area contributed by atoms with Gasteiger partial charge in [-0.25, -0.2) is 0 Å². The fourth-order valence-corrected chi connectivity index (χ4v) is 18.3. The second-order valence-electron chi connectivity index (χ2n) is 23.8. The Labute approximate surface area is 348 Å². The first-order chi connectivity index (χ1) is 27.7. The molecule has 8 atom stereocenters. The Morgan fingerprint density at radius 3 is 0.643 bits per heavy atom. The Morgan fingerprint density at radius 2 is 0.357 bits per heavy atom. The zero-order valence-electron chi connectivity index (χ0n) is 37.0. The lowest BCUT2D eigenvalue weighted by atomic mass is 9.52. The molecule has 2 nitrogen and oxygen atoms in total. The molecule has 10 aliphatic rings. The molecule has 2 heteroatoms. The molecule has 0 aromatic heterocycles. The molecular weight excluding hydrogens is 677 g/mol. The van der Waals surface area contributed by atoms with Gasteiger partial charge >= 0.3 is 0 Å². The predicted molar refractivity (Wildman–Crippen MR) is 237 cm³/mol. The zero-order valence-corrected chi connectivity index (χ0v) is 37.0. The summed E-state index contributed by atoms with van der Waals surface area (Å²) in [6, 6.07) is 5.64. The van der Waals surface area contributed by atoms with Crippen molar-refractivity contribution in [3.63, 3.8) is 0 Å². The van der Waals surface area contributed by atoms with Crippen LogP contribution in [0.4, 0.5) is 0 Å². The Hall–Kier alpha value is -0.0800. The van der Waals surface area contributed by atoms with Gasteiger partial charge in [0.2, 0.25) is 0 Å². The topological polar surface area (TPSA) is 6.48 Å². The smallest absolute Gasteiger partial charge is 0.0101 e. The molecule has 0 spiro atoms. The van der Waals surface area contributed by atoms with Gasteiger partial charge in [-0.3, -0.25) is 9.80 Å². The zero-order chi connectivity index (χ0) is 37.3. The van der Waals surface area contributed by atoms with Gasteiger partial charge in [0, 0.05) is 36.3 Å². The van der Waals surface area contributed by atoms with Gasteiger partial charge in [-0.2, -0.15) is 0 Å². The lowest BCUT2D eigenvalue weighted by molar-refractivity contribution is -0.0388. The van der Waals surface area contributed by atoms with Crippen molar-refractivity contribution in [1.29, 1.82) is 0 Å². The molecule has 0 N–H and O–H groups in total. The average Bonchev–Trinajstić information content (AvgIpc) is 3.27. The van der Waals surface area contributed by atoms with Crippen LogP contribution < -0.4 is 0 Å². The van der Waals surface area contributed by atoms with Gasteiger partial charge in [-0.15, -0.1) is 0 Å². The Bertz CT molecular complexity index is 1040. The molecule has 0 saturated heterocycles. The summed E-state index contributed by atoms with van der Waals surface area (Å²) in [5, 5.41) is 0. The minimum Gasteiger partial charge on any atom is -0.294 e. The van der Waals surface area contributed by atoms with Crippen molar-refractivity contribution in [3.8, 4) is 0 Å². The lowest BCUT2D eigenvalue weighted by Gasteiger charge is -2.54. The standard InChI is InChI=1S/C54H92N2/c1-5-13-49(14-6-1)55(50-15-7-2-8-16-50)53-29-25-39(26-30-53)41-21-23-43-35-48-38-46-34-42(22-24-44(46)36-47(48)37-45(43)33-41)40-27-31-54(32-28-40)56(51-17-9-3-10-18-51)52-19-11-4-12-20-52/h39-54H,1-38H2. The van der Waals surface area contributed by atoms with E-state index >= 15 is 0 Å². The van der Waals surface area contributed by atoms with E-state index < -0.39 is 0 Å². The van der Waals surface area contributed by atoms with Crippen molar-refractivity contribution in [2.24, 2.45) is 59.2 Å². The van der Waals surface area contributed by atoms with E-state index in [9.17, 15) is 0 Å². The molecule has 10 fully saturated rings. The predicted octanol–water partition coefficient (Wildman–Crippen LogP) is 14.9. The third-order valence-corrected chi connectivity index (χ3v) is 21.1. The molecule has 8 unspecified atom stereocenters. The molecule has 318 valence electrons. The summed E-state index contributed by atoms with van der Waals surface area (Å²) < 4.78 is 0. The van der Waals surface area contributed by atoms with E-state index in [-0.39, 0.29) is 0 Å². The van der Waals surface area contributed by atoms with Crippen molar-refractivity contribution < 1.29 is 0 Å². The summed E-state index contributed by atoms with van der Waals surface area (Å²) in [4.78, 5) is 6.45. The SMILES string of the molecule is C1CCC(N(C2CCCCC2)C2CCC(C3CCC4CC5CC6CC(C7CCC(N(C8CCCCC8)C8CCCCC8)CC7)CCC6CC5CC4C3)CC2)CC1. The monoisotopic (exact) mass is 769 g/mol. The van der Waals surface area contributed by atoms with Gasteiger partial charge in [-0.05, 0) is 226 Å². The fraction of sp³-hybridized carbons (Fsp3) is 1.00. The van der Waals surface area contributed by atoms with E-state index in [1.54, 1.807) is 116 Å². The maximum atomic E-state index is 3.23. The third kappa shape index (κ3) is 8.95. The van der Waals surface area contributed by atoms with Crippen molar-refractivity contribution in [1.82, 2.24) is 9.80 Å². The summed E-state index contributed by atoms with van der Waals surface area (Å²) in [6.45, 7) is 0. The van der Waals surface area contributed by atoms with E-state index in [2.05, 4.69) is 9.80 Å². The van der Waals surface area contributed by atoms with Crippen LogP contribution in [0, 0.1) is 59.2 Å². The number of rotatable bonds is 8. The number of hydrogen-bond donors (Lipinski definition) is 0. The van der Waals surface area contributed by atoms with Crippen LogP contribution in [0.15, 0.2) is 0 Å². The van der Waals surface area contributed by atoms with Crippen molar-refractivity contribution in [2.45, 2.75) is 280 Å². The molecule has 0 amide bonds. The highest BCUT2D eigenvalue weighted by molar-refractivity contribution is 5.00. The lowest BCUT2D eigenvalue weighted by Crippen LogP contribution is -2.52. The summed E-state index contributed by atoms with van der Waals surface area (Å²) in [6.07, 6.45) is 59.2. The van der Waals surface area contributed by atoms with E-state index in [0.717, 1.165) is 95.4 Å². The van der Waals surface area contributed by atoms with Gasteiger partial charge in [0.25, 0.3) is 0 Å². The summed E-state index contributed by atoms with van der Waals surface area (Å²) in [5.41, 5.74) is 0. The molecule has 10 saturated carbocycles. The first-order valence-electron chi connectivity index (χ1n) is 27.3. The van der Waals surface area contributed by atoms with Crippen molar-refractivity contribution in [3.05, 3.63) is 0 Å². The van der Waals surface area contributed by atoms with Crippen molar-refractivity contribution >= 4 is 0 Å². The third-order valence-electron chi connectivity index (χ3n) is 21.1. The maximum Gasteiger partial charge on any atom is 0.0101 e. The van der Waals surface area contributed by atoms with Gasteiger partial charge in [0.05, 0.1) is 0 Å². The summed E-state index contributed by atoms with van der Waals surface area (Å²) in [5.74, 6) is 11.0. The molecule has 0 aromatic rings. The minimum atomic E-state index is 0.937. The number of hydrogen-bond acceptors (Lipinski definition) is 2. The van der Waals surface area contributed by atoms with Crippen LogP contribution in [-0.4, -0.2) is 46.1 Å². The van der Waals surface area contributed by atoms with E-state index in [4.69, 9.17) is 0 Å². The quantitative estimate of drug-likeness (QED) is 0.243. The first-order valence-corrected chi connectivity index (χ1v) is 27.3. The normalized spacial score (nSPS) is 44.2. The van der Waals surface area contributed by atoms with Crippen LogP contribution in [0.1, 0.15) is 244 Å². The van der Waals surface area contributed by atoms with Crippen LogP contribution in [0.3, 0.4) is 0 Å². The minimum absolute atomic E-state index is 0.937. The fourth-order valence-electron chi connectivity index (χ4n) is 18.3. The Morgan fingerprint density at radius 1 is 0.161 bits per heavy atom. The largest absolute Gasteiger partial charge is 0.294 e. The van der Waals surface area contributed by atoms with E-state index in [1.165, 1.54) is 128 Å². The summed E-state index contributed by atoms with van der Waals surface area (Å²) in [7, 11) is 0. The Balaban J connectivity index is 0.693. The van der Waals surface area contributed by atoms with Crippen molar-refractivity contribution in [2.75, 3.05) is 0 Å². The Kier molecular flexibility index (Phi) is 13.5. The molecule has 0 heterocycles. The molecule has 10 rings (SSSR count). The van der Waals surface area contributed by atoms with E-state index in [0.29, 0.717) is 0 Å². The van der Waals surface area contributed by atoms with Gasteiger partial charge in [0.1, 0.15) is 0 Å².